The van der Waals surface area contributed by atoms with E-state index >= 15 is 0 Å². The topological polar surface area (TPSA) is 94.9 Å². The van der Waals surface area contributed by atoms with Gasteiger partial charge < -0.3 is 20.0 Å². The van der Waals surface area contributed by atoms with Crippen LogP contribution in [0.15, 0.2) is 53.1 Å². The van der Waals surface area contributed by atoms with Crippen molar-refractivity contribution >= 4 is 23.4 Å². The minimum atomic E-state index is -0.113. The summed E-state index contributed by atoms with van der Waals surface area (Å²) in [4.78, 5) is 41.2. The highest BCUT2D eigenvalue weighted by atomic mass is 16.3. The summed E-state index contributed by atoms with van der Waals surface area (Å²) >= 11 is 0. The van der Waals surface area contributed by atoms with Crippen LogP contribution in [0.4, 0.5) is 5.69 Å². The monoisotopic (exact) mass is 438 g/mol. The van der Waals surface area contributed by atoms with Crippen LogP contribution in [0.1, 0.15) is 36.2 Å². The number of furan rings is 1. The van der Waals surface area contributed by atoms with E-state index in [9.17, 15) is 14.4 Å². The maximum atomic E-state index is 12.7. The summed E-state index contributed by atoms with van der Waals surface area (Å²) in [5, 5.41) is 6.10. The lowest BCUT2D eigenvalue weighted by atomic mass is 9.94. The van der Waals surface area contributed by atoms with Crippen molar-refractivity contribution in [2.24, 2.45) is 5.92 Å². The zero-order chi connectivity index (χ0) is 22.3. The summed E-state index contributed by atoms with van der Waals surface area (Å²) in [6.07, 6.45) is 4.49. The molecule has 1 aromatic heterocycles. The number of likely N-dealkylation sites (tertiary alicyclic amines) is 2. The average Bonchev–Trinajstić information content (AvgIpc) is 3.36. The number of hydrogen-bond acceptors (Lipinski definition) is 5. The molecule has 2 fully saturated rings. The standard InChI is InChI=1S/C24H30N4O4/c29-22(25-19-5-2-1-3-6-19)17-27-12-10-20(11-13-27)26-23(30)18-8-14-28(15-9-18)24(31)21-7-4-16-32-21/h1-7,16,18,20H,8-15,17H2,(H,25,29)(H,26,30). The molecule has 3 amide bonds. The summed E-state index contributed by atoms with van der Waals surface area (Å²) in [6.45, 7) is 3.05. The number of rotatable bonds is 6. The van der Waals surface area contributed by atoms with E-state index in [0.717, 1.165) is 31.6 Å². The molecule has 170 valence electrons. The van der Waals surface area contributed by atoms with Crippen LogP contribution in [0.3, 0.4) is 0 Å². The number of amides is 3. The molecule has 0 radical (unpaired) electrons. The molecule has 0 spiro atoms. The Kier molecular flexibility index (Phi) is 7.21. The minimum Gasteiger partial charge on any atom is -0.459 e. The molecule has 8 heteroatoms. The fourth-order valence-electron chi connectivity index (χ4n) is 4.38. The molecule has 0 unspecified atom stereocenters. The first-order chi connectivity index (χ1) is 15.6. The van der Waals surface area contributed by atoms with Gasteiger partial charge in [0, 0.05) is 43.8 Å². The van der Waals surface area contributed by atoms with Gasteiger partial charge in [0.2, 0.25) is 11.8 Å². The lowest BCUT2D eigenvalue weighted by Crippen LogP contribution is -2.49. The van der Waals surface area contributed by atoms with E-state index in [0.29, 0.717) is 38.2 Å². The van der Waals surface area contributed by atoms with E-state index in [1.54, 1.807) is 17.0 Å². The fourth-order valence-corrected chi connectivity index (χ4v) is 4.38. The number of hydrogen-bond donors (Lipinski definition) is 2. The molecule has 1 aromatic carbocycles. The molecule has 0 saturated carbocycles. The highest BCUT2D eigenvalue weighted by Crippen LogP contribution is 2.21. The van der Waals surface area contributed by atoms with Gasteiger partial charge in [0.15, 0.2) is 5.76 Å². The number of carbonyl (C=O) groups excluding carboxylic acids is 3. The summed E-state index contributed by atoms with van der Waals surface area (Å²) in [6, 6.07) is 13.0. The van der Waals surface area contributed by atoms with Gasteiger partial charge in [0.05, 0.1) is 12.8 Å². The highest BCUT2D eigenvalue weighted by molar-refractivity contribution is 5.92. The molecule has 2 saturated heterocycles. The number of carbonyl (C=O) groups is 3. The molecule has 32 heavy (non-hydrogen) atoms. The number of nitrogens with one attached hydrogen (secondary N) is 2. The molecule has 2 aliphatic heterocycles. The van der Waals surface area contributed by atoms with E-state index in [-0.39, 0.29) is 29.7 Å². The molecule has 0 aliphatic carbocycles. The third kappa shape index (κ3) is 5.76. The molecular weight excluding hydrogens is 408 g/mol. The van der Waals surface area contributed by atoms with Gasteiger partial charge in [0.1, 0.15) is 0 Å². The van der Waals surface area contributed by atoms with Crippen LogP contribution in [0.25, 0.3) is 0 Å². The van der Waals surface area contributed by atoms with Gasteiger partial charge in [-0.2, -0.15) is 0 Å². The Bertz CT molecular complexity index is 899. The third-order valence-corrected chi connectivity index (χ3v) is 6.24. The second-order valence-corrected chi connectivity index (χ2v) is 8.52. The lowest BCUT2D eigenvalue weighted by molar-refractivity contribution is -0.127. The zero-order valence-electron chi connectivity index (χ0n) is 18.2. The Morgan fingerprint density at radius 2 is 1.62 bits per heavy atom. The Morgan fingerprint density at radius 1 is 0.906 bits per heavy atom. The Hall–Kier alpha value is -3.13. The predicted molar refractivity (Wildman–Crippen MR) is 120 cm³/mol. The summed E-state index contributed by atoms with van der Waals surface area (Å²) in [5.74, 6) is 0.227. The predicted octanol–water partition coefficient (Wildman–Crippen LogP) is 2.35. The van der Waals surface area contributed by atoms with Crippen molar-refractivity contribution < 1.29 is 18.8 Å². The van der Waals surface area contributed by atoms with Crippen LogP contribution < -0.4 is 10.6 Å². The molecule has 0 bridgehead atoms. The molecule has 2 aromatic rings. The van der Waals surface area contributed by atoms with Crippen LogP contribution in [-0.4, -0.2) is 66.3 Å². The van der Waals surface area contributed by atoms with Gasteiger partial charge in [-0.1, -0.05) is 18.2 Å². The van der Waals surface area contributed by atoms with E-state index in [1.807, 2.05) is 30.3 Å². The van der Waals surface area contributed by atoms with Gasteiger partial charge in [0.25, 0.3) is 5.91 Å². The van der Waals surface area contributed by atoms with Crippen LogP contribution in [0.2, 0.25) is 0 Å². The molecule has 8 nitrogen and oxygen atoms in total. The maximum Gasteiger partial charge on any atom is 0.289 e. The van der Waals surface area contributed by atoms with Crippen molar-refractivity contribution in [2.75, 3.05) is 38.0 Å². The van der Waals surface area contributed by atoms with Crippen molar-refractivity contribution in [3.8, 4) is 0 Å². The van der Waals surface area contributed by atoms with E-state index in [1.165, 1.54) is 6.26 Å². The number of piperidine rings is 2. The smallest absolute Gasteiger partial charge is 0.289 e. The average molecular weight is 439 g/mol. The van der Waals surface area contributed by atoms with Crippen molar-refractivity contribution in [3.05, 3.63) is 54.5 Å². The summed E-state index contributed by atoms with van der Waals surface area (Å²) in [5.41, 5.74) is 0.802. The normalized spacial score (nSPS) is 18.3. The van der Waals surface area contributed by atoms with Gasteiger partial charge in [-0.25, -0.2) is 0 Å². The first-order valence-corrected chi connectivity index (χ1v) is 11.3. The van der Waals surface area contributed by atoms with E-state index in [4.69, 9.17) is 4.42 Å². The third-order valence-electron chi connectivity index (χ3n) is 6.24. The first-order valence-electron chi connectivity index (χ1n) is 11.3. The van der Waals surface area contributed by atoms with E-state index < -0.39 is 0 Å². The molecule has 3 heterocycles. The highest BCUT2D eigenvalue weighted by Gasteiger charge is 2.30. The first kappa shape index (κ1) is 22.1. The van der Waals surface area contributed by atoms with Crippen molar-refractivity contribution in [1.29, 1.82) is 0 Å². The molecule has 2 N–H and O–H groups in total. The van der Waals surface area contributed by atoms with Gasteiger partial charge >= 0.3 is 0 Å². The lowest BCUT2D eigenvalue weighted by Gasteiger charge is -2.34. The quantitative estimate of drug-likeness (QED) is 0.722. The molecule has 4 rings (SSSR count). The summed E-state index contributed by atoms with van der Waals surface area (Å²) in [7, 11) is 0. The van der Waals surface area contributed by atoms with Crippen molar-refractivity contribution in [1.82, 2.24) is 15.1 Å². The van der Waals surface area contributed by atoms with Gasteiger partial charge in [-0.15, -0.1) is 0 Å². The van der Waals surface area contributed by atoms with Crippen molar-refractivity contribution in [2.45, 2.75) is 31.7 Å². The van der Waals surface area contributed by atoms with Gasteiger partial charge in [-0.3, -0.25) is 19.3 Å². The number of para-hydroxylation sites is 1. The maximum absolute atomic E-state index is 12.7. The zero-order valence-corrected chi connectivity index (χ0v) is 18.2. The van der Waals surface area contributed by atoms with Crippen molar-refractivity contribution in [3.63, 3.8) is 0 Å². The minimum absolute atomic E-state index is 0.0189. The SMILES string of the molecule is O=C(CN1CCC(NC(=O)C2CCN(C(=O)c3ccco3)CC2)CC1)Nc1ccccc1. The van der Waals surface area contributed by atoms with Crippen LogP contribution >= 0.6 is 0 Å². The van der Waals surface area contributed by atoms with Gasteiger partial charge in [-0.05, 0) is 49.9 Å². The molecule has 0 atom stereocenters. The molecular formula is C24H30N4O4. The van der Waals surface area contributed by atoms with E-state index in [2.05, 4.69) is 15.5 Å². The second-order valence-electron chi connectivity index (χ2n) is 8.52. The number of anilines is 1. The number of nitrogens with zero attached hydrogens (tertiary/aromatic N) is 2. The largest absolute Gasteiger partial charge is 0.459 e. The summed E-state index contributed by atoms with van der Waals surface area (Å²) < 4.78 is 5.19. The number of benzene rings is 1. The Balaban J connectivity index is 1.15. The molecule has 2 aliphatic rings. The van der Waals surface area contributed by atoms with Crippen LogP contribution in [-0.2, 0) is 9.59 Å². The second kappa shape index (κ2) is 10.5. The fraction of sp³-hybridized carbons (Fsp3) is 0.458. The Labute approximate surface area is 187 Å². The Morgan fingerprint density at radius 3 is 2.28 bits per heavy atom. The van der Waals surface area contributed by atoms with Crippen LogP contribution in [0, 0.1) is 5.92 Å². The van der Waals surface area contributed by atoms with Crippen LogP contribution in [0.5, 0.6) is 0 Å².